The largest absolute Gasteiger partial charge is 0.487 e. The second-order valence-corrected chi connectivity index (χ2v) is 5.07. The van der Waals surface area contributed by atoms with Gasteiger partial charge in [-0.25, -0.2) is 13.8 Å². The van der Waals surface area contributed by atoms with E-state index in [1.807, 2.05) is 18.9 Å². The zero-order valence-corrected chi connectivity index (χ0v) is 13.0. The molecule has 0 aliphatic rings. The van der Waals surface area contributed by atoms with Gasteiger partial charge in [0.1, 0.15) is 5.75 Å². The minimum Gasteiger partial charge on any atom is -0.487 e. The van der Waals surface area contributed by atoms with E-state index in [1.165, 1.54) is 6.07 Å². The molecule has 0 aliphatic carbocycles. The Kier molecular flexibility index (Phi) is 6.20. The van der Waals surface area contributed by atoms with E-state index in [0.717, 1.165) is 6.54 Å². The quantitative estimate of drug-likeness (QED) is 0.427. The lowest BCUT2D eigenvalue weighted by molar-refractivity contribution is -0.148. The average molecular weight is 320 g/mol. The molecule has 0 atom stereocenters. The maximum Gasteiger partial charge on any atom is 0.340 e. The Balaban J connectivity index is 2.88. The number of hydrogen-bond acceptors (Lipinski definition) is 2. The van der Waals surface area contributed by atoms with Gasteiger partial charge in [-0.05, 0) is 44.0 Å². The van der Waals surface area contributed by atoms with Crippen molar-refractivity contribution in [2.75, 3.05) is 20.2 Å². The minimum absolute atomic E-state index is 0.153. The summed E-state index contributed by atoms with van der Waals surface area (Å²) in [6.07, 6.45) is -2.09. The number of ether oxygens (including phenoxy) is 1. The van der Waals surface area contributed by atoms with E-state index in [4.69, 9.17) is 4.74 Å². The van der Waals surface area contributed by atoms with Crippen LogP contribution < -0.4 is 4.74 Å². The van der Waals surface area contributed by atoms with Gasteiger partial charge in [-0.2, -0.15) is 8.78 Å². The first kappa shape index (κ1) is 18.3. The average Bonchev–Trinajstić information content (AvgIpc) is 2.45. The minimum atomic E-state index is -4.17. The summed E-state index contributed by atoms with van der Waals surface area (Å²) in [5.41, 5.74) is 1.94. The number of halogens is 4. The molecule has 0 saturated heterocycles. The highest BCUT2D eigenvalue weighted by Gasteiger charge is 2.41. The molecule has 0 fully saturated rings. The molecular weight excluding hydrogens is 300 g/mol. The summed E-state index contributed by atoms with van der Waals surface area (Å²) in [5, 5.41) is 0. The lowest BCUT2D eigenvalue weighted by atomic mass is 10.1. The third-order valence-electron chi connectivity index (χ3n) is 3.13. The molecule has 0 bridgehead atoms. The summed E-state index contributed by atoms with van der Waals surface area (Å²) < 4.78 is 54.9. The summed E-state index contributed by atoms with van der Waals surface area (Å²) in [4.78, 5) is 6.17. The predicted octanol–water partition coefficient (Wildman–Crippen LogP) is 4.19. The Morgan fingerprint density at radius 3 is 2.45 bits per heavy atom. The number of alkyl halides is 4. The maximum atomic E-state index is 12.9. The zero-order valence-electron chi connectivity index (χ0n) is 13.0. The van der Waals surface area contributed by atoms with Gasteiger partial charge in [0.05, 0.1) is 12.0 Å². The van der Waals surface area contributed by atoms with Crippen LogP contribution >= 0.6 is 0 Å². The molecule has 3 nitrogen and oxygen atoms in total. The first-order valence-electron chi connectivity index (χ1n) is 6.81. The fourth-order valence-electron chi connectivity index (χ4n) is 1.55. The van der Waals surface area contributed by atoms with Crippen molar-refractivity contribution in [1.82, 2.24) is 4.90 Å². The first-order valence-corrected chi connectivity index (χ1v) is 6.81. The number of aryl methyl sites for hydroxylation is 2. The van der Waals surface area contributed by atoms with E-state index >= 15 is 0 Å². The standard InChI is InChI=1S/C15H20F4N2O/c1-5-21(4)9-20-12-6-11(3)13(7-10(12)2)22-8-15(18,19)14(16)17/h6-7,9,14H,5,8H2,1-4H3/b20-9+. The van der Waals surface area contributed by atoms with E-state index in [2.05, 4.69) is 4.99 Å². The van der Waals surface area contributed by atoms with Crippen LogP contribution in [-0.4, -0.2) is 43.8 Å². The van der Waals surface area contributed by atoms with Gasteiger partial charge in [-0.15, -0.1) is 0 Å². The van der Waals surface area contributed by atoms with Gasteiger partial charge >= 0.3 is 12.3 Å². The highest BCUT2D eigenvalue weighted by molar-refractivity contribution is 5.64. The molecule has 0 saturated carbocycles. The Bertz CT molecular complexity index is 533. The number of aliphatic imine (C=N–C) groups is 1. The predicted molar refractivity (Wildman–Crippen MR) is 78.8 cm³/mol. The van der Waals surface area contributed by atoms with Crippen LogP contribution in [-0.2, 0) is 0 Å². The van der Waals surface area contributed by atoms with Crippen molar-refractivity contribution in [2.24, 2.45) is 4.99 Å². The van der Waals surface area contributed by atoms with Crippen molar-refractivity contribution in [3.05, 3.63) is 23.3 Å². The smallest absolute Gasteiger partial charge is 0.340 e. The van der Waals surface area contributed by atoms with Crippen LogP contribution in [0.15, 0.2) is 17.1 Å². The van der Waals surface area contributed by atoms with Crippen molar-refractivity contribution in [1.29, 1.82) is 0 Å². The summed E-state index contributed by atoms with van der Waals surface area (Å²) in [6, 6.07) is 3.20. The molecule has 1 rings (SSSR count). The van der Waals surface area contributed by atoms with Crippen LogP contribution in [0.4, 0.5) is 23.2 Å². The molecule has 0 N–H and O–H groups in total. The lowest BCUT2D eigenvalue weighted by Crippen LogP contribution is -2.33. The van der Waals surface area contributed by atoms with Crippen LogP contribution in [0.25, 0.3) is 0 Å². The Morgan fingerprint density at radius 2 is 1.91 bits per heavy atom. The molecule has 0 aromatic heterocycles. The van der Waals surface area contributed by atoms with Gasteiger partial charge in [0.25, 0.3) is 0 Å². The fourth-order valence-corrected chi connectivity index (χ4v) is 1.55. The van der Waals surface area contributed by atoms with Crippen LogP contribution in [0.1, 0.15) is 18.1 Å². The van der Waals surface area contributed by atoms with Crippen molar-refractivity contribution in [3.63, 3.8) is 0 Å². The fraction of sp³-hybridized carbons (Fsp3) is 0.533. The summed E-state index contributed by atoms with van der Waals surface area (Å²) >= 11 is 0. The van der Waals surface area contributed by atoms with Gasteiger partial charge in [0, 0.05) is 13.6 Å². The summed E-state index contributed by atoms with van der Waals surface area (Å²) in [5.74, 6) is -4.01. The lowest BCUT2D eigenvalue weighted by Gasteiger charge is -2.18. The number of hydrogen-bond donors (Lipinski definition) is 0. The van der Waals surface area contributed by atoms with Crippen molar-refractivity contribution in [3.8, 4) is 5.75 Å². The Labute approximate surface area is 127 Å². The van der Waals surface area contributed by atoms with Crippen molar-refractivity contribution >= 4 is 12.0 Å². The third kappa shape index (κ3) is 4.89. The van der Waals surface area contributed by atoms with Gasteiger partial charge < -0.3 is 9.64 Å². The van der Waals surface area contributed by atoms with Crippen LogP contribution in [0.3, 0.4) is 0 Å². The number of nitrogens with zero attached hydrogens (tertiary/aromatic N) is 2. The van der Waals surface area contributed by atoms with E-state index < -0.39 is 19.0 Å². The van der Waals surface area contributed by atoms with Crippen LogP contribution in [0, 0.1) is 13.8 Å². The second kappa shape index (κ2) is 7.47. The van der Waals surface area contributed by atoms with Gasteiger partial charge in [-0.3, -0.25) is 0 Å². The molecule has 1 aromatic carbocycles. The highest BCUT2D eigenvalue weighted by atomic mass is 19.3. The van der Waals surface area contributed by atoms with E-state index in [0.29, 0.717) is 16.8 Å². The molecule has 0 heterocycles. The van der Waals surface area contributed by atoms with Crippen LogP contribution in [0.5, 0.6) is 5.75 Å². The molecule has 7 heteroatoms. The maximum absolute atomic E-state index is 12.9. The number of benzene rings is 1. The molecule has 1 aromatic rings. The van der Waals surface area contributed by atoms with Crippen molar-refractivity contribution in [2.45, 2.75) is 33.1 Å². The molecular formula is C15H20F4N2O. The normalized spacial score (nSPS) is 12.2. The number of rotatable bonds is 7. The first-order chi connectivity index (χ1) is 10.2. The molecule has 0 aliphatic heterocycles. The van der Waals surface area contributed by atoms with Gasteiger partial charge in [0.2, 0.25) is 0 Å². The van der Waals surface area contributed by atoms with E-state index in [1.54, 1.807) is 26.3 Å². The molecule has 0 unspecified atom stereocenters. The monoisotopic (exact) mass is 320 g/mol. The summed E-state index contributed by atoms with van der Waals surface area (Å²) in [7, 11) is 1.87. The zero-order chi connectivity index (χ0) is 16.9. The van der Waals surface area contributed by atoms with Gasteiger partial charge in [0.15, 0.2) is 6.61 Å². The van der Waals surface area contributed by atoms with E-state index in [-0.39, 0.29) is 5.75 Å². The topological polar surface area (TPSA) is 24.8 Å². The summed E-state index contributed by atoms with van der Waals surface area (Å²) in [6.45, 7) is 4.82. The second-order valence-electron chi connectivity index (χ2n) is 5.07. The molecule has 124 valence electrons. The highest BCUT2D eigenvalue weighted by Crippen LogP contribution is 2.30. The van der Waals surface area contributed by atoms with Crippen LogP contribution in [0.2, 0.25) is 0 Å². The third-order valence-corrected chi connectivity index (χ3v) is 3.13. The van der Waals surface area contributed by atoms with Crippen molar-refractivity contribution < 1.29 is 22.3 Å². The van der Waals surface area contributed by atoms with Gasteiger partial charge in [-0.1, -0.05) is 0 Å². The Hall–Kier alpha value is -1.79. The SMILES string of the molecule is CCN(C)/C=N/c1cc(C)c(OCC(F)(F)C(F)F)cc1C. The molecule has 0 radical (unpaired) electrons. The Morgan fingerprint density at radius 1 is 1.27 bits per heavy atom. The molecule has 0 amide bonds. The molecule has 0 spiro atoms. The van der Waals surface area contributed by atoms with E-state index in [9.17, 15) is 17.6 Å². The molecule has 22 heavy (non-hydrogen) atoms.